The van der Waals surface area contributed by atoms with Crippen LogP contribution in [0, 0.1) is 17.3 Å². The number of hydrogen-bond donors (Lipinski definition) is 1. The molecule has 0 amide bonds. The monoisotopic (exact) mass is 266 g/mol. The van der Waals surface area contributed by atoms with Crippen LogP contribution in [-0.4, -0.2) is 16.5 Å². The molecule has 0 unspecified atom stereocenters. The fourth-order valence-electron chi connectivity index (χ4n) is 4.46. The van der Waals surface area contributed by atoms with Gasteiger partial charge in [0.05, 0.1) is 5.60 Å². The summed E-state index contributed by atoms with van der Waals surface area (Å²) in [4.78, 5) is 12.1. The summed E-state index contributed by atoms with van der Waals surface area (Å²) in [6, 6.07) is 0. The van der Waals surface area contributed by atoms with E-state index >= 15 is 0 Å². The highest BCUT2D eigenvalue weighted by Crippen LogP contribution is 2.55. The highest BCUT2D eigenvalue weighted by Gasteiger charge is 2.50. The van der Waals surface area contributed by atoms with Gasteiger partial charge in [-0.15, -0.1) is 0 Å². The summed E-state index contributed by atoms with van der Waals surface area (Å²) < 4.78 is 0. The summed E-state index contributed by atoms with van der Waals surface area (Å²) in [7, 11) is 0. The number of carbonyl (C=O) groups is 1. The van der Waals surface area contributed by atoms with E-state index < -0.39 is 5.60 Å². The van der Waals surface area contributed by atoms with E-state index in [1.165, 1.54) is 25.7 Å². The van der Waals surface area contributed by atoms with Crippen LogP contribution in [0.4, 0.5) is 0 Å². The van der Waals surface area contributed by atoms with Crippen molar-refractivity contribution in [2.75, 3.05) is 0 Å². The first-order valence-electron chi connectivity index (χ1n) is 8.08. The maximum atomic E-state index is 12.1. The molecule has 0 aliphatic heterocycles. The van der Waals surface area contributed by atoms with E-state index in [1.807, 2.05) is 13.8 Å². The number of rotatable bonds is 5. The minimum absolute atomic E-state index is 0.296. The lowest BCUT2D eigenvalue weighted by Gasteiger charge is -2.40. The lowest BCUT2D eigenvalue weighted by Crippen LogP contribution is -2.37. The van der Waals surface area contributed by atoms with Gasteiger partial charge in [-0.25, -0.2) is 0 Å². The topological polar surface area (TPSA) is 37.3 Å². The van der Waals surface area contributed by atoms with Crippen molar-refractivity contribution in [3.63, 3.8) is 0 Å². The second-order valence-electron chi connectivity index (χ2n) is 7.71. The van der Waals surface area contributed by atoms with Gasteiger partial charge in [0.1, 0.15) is 5.78 Å². The number of hydrogen-bond acceptors (Lipinski definition) is 2. The predicted octanol–water partition coefficient (Wildman–Crippen LogP) is 4.10. The van der Waals surface area contributed by atoms with Gasteiger partial charge in [-0.3, -0.25) is 4.79 Å². The second-order valence-corrected chi connectivity index (χ2v) is 7.71. The van der Waals surface area contributed by atoms with Crippen molar-refractivity contribution in [3.05, 3.63) is 0 Å². The Morgan fingerprint density at radius 1 is 1.32 bits per heavy atom. The Morgan fingerprint density at radius 3 is 2.74 bits per heavy atom. The standard InChI is InChI=1S/C17H30O2/c1-16(2,19)11-5-4-7-13-9-10-14-15(18)8-6-12-17(13,14)3/h13-14,19H,4-12H2,1-3H3/t13-,14-,17+/m0/s1. The number of fused-ring (bicyclic) bond motifs is 1. The van der Waals surface area contributed by atoms with Crippen LogP contribution >= 0.6 is 0 Å². The van der Waals surface area contributed by atoms with Crippen LogP contribution < -0.4 is 0 Å². The minimum atomic E-state index is -0.525. The largest absolute Gasteiger partial charge is 0.390 e. The van der Waals surface area contributed by atoms with Crippen molar-refractivity contribution in [2.24, 2.45) is 17.3 Å². The molecule has 0 heterocycles. The third-order valence-corrected chi connectivity index (χ3v) is 5.65. The zero-order chi connectivity index (χ0) is 14.1. The molecule has 2 saturated carbocycles. The normalized spacial score (nSPS) is 35.5. The zero-order valence-electron chi connectivity index (χ0n) is 12.9. The molecular formula is C17H30O2. The average Bonchev–Trinajstić information content (AvgIpc) is 2.62. The Labute approximate surface area is 118 Å². The maximum absolute atomic E-state index is 12.1. The molecule has 0 spiro atoms. The fourth-order valence-corrected chi connectivity index (χ4v) is 4.46. The quantitative estimate of drug-likeness (QED) is 0.761. The number of ketones is 1. The van der Waals surface area contributed by atoms with Gasteiger partial charge in [-0.2, -0.15) is 0 Å². The van der Waals surface area contributed by atoms with Crippen molar-refractivity contribution < 1.29 is 9.90 Å². The number of aliphatic hydroxyl groups is 1. The Balaban J connectivity index is 1.83. The van der Waals surface area contributed by atoms with Crippen molar-refractivity contribution in [1.82, 2.24) is 0 Å². The van der Waals surface area contributed by atoms with Crippen molar-refractivity contribution in [1.29, 1.82) is 0 Å². The van der Waals surface area contributed by atoms with Crippen LogP contribution in [0.3, 0.4) is 0 Å². The molecule has 0 saturated heterocycles. The summed E-state index contributed by atoms with van der Waals surface area (Å²) in [5, 5.41) is 9.74. The van der Waals surface area contributed by atoms with Gasteiger partial charge in [-0.05, 0) is 63.7 Å². The summed E-state index contributed by atoms with van der Waals surface area (Å²) >= 11 is 0. The van der Waals surface area contributed by atoms with Crippen molar-refractivity contribution in [3.8, 4) is 0 Å². The van der Waals surface area contributed by atoms with Crippen molar-refractivity contribution >= 4 is 5.78 Å². The summed E-state index contributed by atoms with van der Waals surface area (Å²) in [6.07, 6.45) is 9.99. The average molecular weight is 266 g/mol. The second kappa shape index (κ2) is 5.55. The molecule has 2 heteroatoms. The first kappa shape index (κ1) is 15.0. The lowest BCUT2D eigenvalue weighted by atomic mass is 9.64. The van der Waals surface area contributed by atoms with Crippen molar-refractivity contribution in [2.45, 2.75) is 84.2 Å². The highest BCUT2D eigenvalue weighted by atomic mass is 16.3. The molecule has 2 aliphatic carbocycles. The first-order chi connectivity index (χ1) is 8.83. The molecular weight excluding hydrogens is 236 g/mol. The van der Waals surface area contributed by atoms with Gasteiger partial charge < -0.3 is 5.11 Å². The van der Waals surface area contributed by atoms with Gasteiger partial charge in [0.2, 0.25) is 0 Å². The Kier molecular flexibility index (Phi) is 4.39. The zero-order valence-corrected chi connectivity index (χ0v) is 12.9. The molecule has 2 nitrogen and oxygen atoms in total. The van der Waals surface area contributed by atoms with Gasteiger partial charge >= 0.3 is 0 Å². The summed E-state index contributed by atoms with van der Waals surface area (Å²) in [5.74, 6) is 1.64. The van der Waals surface area contributed by atoms with Crippen LogP contribution in [-0.2, 0) is 4.79 Å². The van der Waals surface area contributed by atoms with E-state index in [9.17, 15) is 9.90 Å². The summed E-state index contributed by atoms with van der Waals surface area (Å²) in [6.45, 7) is 6.14. The molecule has 110 valence electrons. The Morgan fingerprint density at radius 2 is 2.05 bits per heavy atom. The predicted molar refractivity (Wildman–Crippen MR) is 77.9 cm³/mol. The van der Waals surface area contributed by atoms with E-state index in [0.29, 0.717) is 17.1 Å². The molecule has 0 aromatic heterocycles. The third kappa shape index (κ3) is 3.39. The van der Waals surface area contributed by atoms with Crippen LogP contribution in [0.2, 0.25) is 0 Å². The van der Waals surface area contributed by atoms with Gasteiger partial charge in [0, 0.05) is 12.3 Å². The van der Waals surface area contributed by atoms with Crippen LogP contribution in [0.5, 0.6) is 0 Å². The Hall–Kier alpha value is -0.370. The minimum Gasteiger partial charge on any atom is -0.390 e. The molecule has 2 aliphatic rings. The molecule has 19 heavy (non-hydrogen) atoms. The smallest absolute Gasteiger partial charge is 0.136 e. The lowest BCUT2D eigenvalue weighted by molar-refractivity contribution is -0.129. The van der Waals surface area contributed by atoms with Gasteiger partial charge in [0.25, 0.3) is 0 Å². The van der Waals surface area contributed by atoms with Crippen LogP contribution in [0.25, 0.3) is 0 Å². The fraction of sp³-hybridized carbons (Fsp3) is 0.941. The molecule has 0 aromatic rings. The number of unbranched alkanes of at least 4 members (excludes halogenated alkanes) is 1. The van der Waals surface area contributed by atoms with Gasteiger partial charge in [0.15, 0.2) is 0 Å². The molecule has 0 bridgehead atoms. The van der Waals surface area contributed by atoms with E-state index in [1.54, 1.807) is 0 Å². The maximum Gasteiger partial charge on any atom is 0.136 e. The molecule has 0 radical (unpaired) electrons. The number of Topliss-reactive ketones (excluding diaryl/α,β-unsaturated/α-hetero) is 1. The molecule has 2 fully saturated rings. The number of carbonyl (C=O) groups excluding carboxylic acids is 1. The first-order valence-corrected chi connectivity index (χ1v) is 8.08. The summed E-state index contributed by atoms with van der Waals surface area (Å²) in [5.41, 5.74) is -0.229. The molecule has 0 aromatic carbocycles. The van der Waals surface area contributed by atoms with Gasteiger partial charge in [-0.1, -0.05) is 19.8 Å². The van der Waals surface area contributed by atoms with Crippen LogP contribution in [0.15, 0.2) is 0 Å². The van der Waals surface area contributed by atoms with E-state index in [0.717, 1.165) is 38.0 Å². The molecule has 3 atom stereocenters. The molecule has 2 rings (SSSR count). The molecule has 1 N–H and O–H groups in total. The SMILES string of the molecule is CC(C)(O)CCCC[C@H]1CC[C@H]2C(=O)CCC[C@]12C. The van der Waals surface area contributed by atoms with E-state index in [2.05, 4.69) is 6.92 Å². The van der Waals surface area contributed by atoms with Crippen LogP contribution in [0.1, 0.15) is 78.6 Å². The highest BCUT2D eigenvalue weighted by molar-refractivity contribution is 5.83. The van der Waals surface area contributed by atoms with E-state index in [-0.39, 0.29) is 0 Å². The third-order valence-electron chi connectivity index (χ3n) is 5.65. The Bertz CT molecular complexity index is 329. The van der Waals surface area contributed by atoms with E-state index in [4.69, 9.17) is 0 Å².